The van der Waals surface area contributed by atoms with Gasteiger partial charge in [-0.15, -0.1) is 11.3 Å². The lowest BCUT2D eigenvalue weighted by Crippen LogP contribution is -2.31. The lowest BCUT2D eigenvalue weighted by Gasteiger charge is -2.16. The van der Waals surface area contributed by atoms with E-state index in [4.69, 9.17) is 9.47 Å². The Labute approximate surface area is 177 Å². The number of hydrogen-bond donors (Lipinski definition) is 0. The Morgan fingerprint density at radius 1 is 1.07 bits per heavy atom. The molecule has 2 aromatic carbocycles. The molecular weight excluding hydrogens is 440 g/mol. The van der Waals surface area contributed by atoms with Gasteiger partial charge in [0.05, 0.1) is 6.54 Å². The number of rotatable bonds is 8. The topological polar surface area (TPSA) is 51.7 Å². The standard InChI is InChI=1S/C21H21BrN2O3S/c1-15-3-7-18(8-4-15)27-13-20-23-19(14-28-20)21(25)24(2)11-12-26-17-9-5-16(22)6-10-17/h3-10,14H,11-13H2,1-2H3. The number of benzene rings is 2. The van der Waals surface area contributed by atoms with Crippen LogP contribution < -0.4 is 9.47 Å². The van der Waals surface area contributed by atoms with E-state index in [1.165, 1.54) is 16.9 Å². The van der Waals surface area contributed by atoms with Crippen LogP contribution in [0.25, 0.3) is 0 Å². The first-order chi connectivity index (χ1) is 13.5. The zero-order chi connectivity index (χ0) is 19.9. The van der Waals surface area contributed by atoms with E-state index in [9.17, 15) is 4.79 Å². The zero-order valence-electron chi connectivity index (χ0n) is 15.7. The van der Waals surface area contributed by atoms with Gasteiger partial charge in [0.2, 0.25) is 0 Å². The minimum atomic E-state index is -0.128. The SMILES string of the molecule is Cc1ccc(OCc2nc(C(=O)N(C)CCOc3ccc(Br)cc3)cs2)cc1. The van der Waals surface area contributed by atoms with E-state index in [2.05, 4.69) is 20.9 Å². The molecule has 0 bridgehead atoms. The number of likely N-dealkylation sites (N-methyl/N-ethyl adjacent to an activating group) is 1. The van der Waals surface area contributed by atoms with Crippen molar-refractivity contribution in [3.05, 3.63) is 74.6 Å². The maximum absolute atomic E-state index is 12.5. The minimum absolute atomic E-state index is 0.128. The predicted molar refractivity (Wildman–Crippen MR) is 114 cm³/mol. The molecule has 0 unspecified atom stereocenters. The minimum Gasteiger partial charge on any atom is -0.492 e. The Hall–Kier alpha value is -2.38. The number of aromatic nitrogens is 1. The van der Waals surface area contributed by atoms with Crippen molar-refractivity contribution in [2.24, 2.45) is 0 Å². The Balaban J connectivity index is 1.47. The zero-order valence-corrected chi connectivity index (χ0v) is 18.1. The Morgan fingerprint density at radius 3 is 2.43 bits per heavy atom. The third-order valence-corrected chi connectivity index (χ3v) is 5.36. The second-order valence-corrected chi connectivity index (χ2v) is 8.12. The second kappa shape index (κ2) is 9.71. The van der Waals surface area contributed by atoms with Crippen LogP contribution in [-0.4, -0.2) is 36.0 Å². The summed E-state index contributed by atoms with van der Waals surface area (Å²) in [6.45, 7) is 3.26. The van der Waals surface area contributed by atoms with Crippen molar-refractivity contribution < 1.29 is 14.3 Å². The molecule has 0 spiro atoms. The second-order valence-electron chi connectivity index (χ2n) is 6.26. The van der Waals surface area contributed by atoms with Crippen molar-refractivity contribution in [1.29, 1.82) is 0 Å². The quantitative estimate of drug-likeness (QED) is 0.477. The van der Waals surface area contributed by atoms with E-state index in [-0.39, 0.29) is 5.91 Å². The Bertz CT molecular complexity index is 910. The summed E-state index contributed by atoms with van der Waals surface area (Å²) in [5, 5.41) is 2.53. The summed E-state index contributed by atoms with van der Waals surface area (Å²) in [4.78, 5) is 18.5. The maximum Gasteiger partial charge on any atom is 0.273 e. The Kier molecular flexibility index (Phi) is 7.06. The highest BCUT2D eigenvalue weighted by atomic mass is 79.9. The highest BCUT2D eigenvalue weighted by Crippen LogP contribution is 2.18. The summed E-state index contributed by atoms with van der Waals surface area (Å²) in [5.74, 6) is 1.43. The van der Waals surface area contributed by atoms with E-state index in [1.807, 2.05) is 55.5 Å². The molecule has 1 aromatic heterocycles. The molecule has 3 rings (SSSR count). The van der Waals surface area contributed by atoms with Crippen molar-refractivity contribution in [3.63, 3.8) is 0 Å². The number of carbonyl (C=O) groups excluding carboxylic acids is 1. The molecule has 0 aliphatic carbocycles. The molecule has 0 atom stereocenters. The van der Waals surface area contributed by atoms with Crippen molar-refractivity contribution in [1.82, 2.24) is 9.88 Å². The van der Waals surface area contributed by atoms with Crippen LogP contribution in [-0.2, 0) is 6.61 Å². The maximum atomic E-state index is 12.5. The van der Waals surface area contributed by atoms with Crippen LogP contribution in [0.5, 0.6) is 11.5 Å². The van der Waals surface area contributed by atoms with Gasteiger partial charge in [0.15, 0.2) is 0 Å². The van der Waals surface area contributed by atoms with Gasteiger partial charge in [0.25, 0.3) is 5.91 Å². The molecule has 0 saturated carbocycles. The van der Waals surface area contributed by atoms with Gasteiger partial charge >= 0.3 is 0 Å². The highest BCUT2D eigenvalue weighted by molar-refractivity contribution is 9.10. The number of ether oxygens (including phenoxy) is 2. The van der Waals surface area contributed by atoms with Gasteiger partial charge < -0.3 is 14.4 Å². The van der Waals surface area contributed by atoms with Crippen molar-refractivity contribution >= 4 is 33.2 Å². The monoisotopic (exact) mass is 460 g/mol. The van der Waals surface area contributed by atoms with Crippen LogP contribution in [0, 0.1) is 6.92 Å². The molecule has 0 fully saturated rings. The number of carbonyl (C=O) groups is 1. The average Bonchev–Trinajstić information content (AvgIpc) is 3.17. The van der Waals surface area contributed by atoms with Gasteiger partial charge in [0.1, 0.15) is 35.4 Å². The fourth-order valence-corrected chi connectivity index (χ4v) is 3.33. The number of aryl methyl sites for hydroxylation is 1. The van der Waals surface area contributed by atoms with Crippen LogP contribution in [0.15, 0.2) is 58.4 Å². The average molecular weight is 461 g/mol. The van der Waals surface area contributed by atoms with Crippen LogP contribution >= 0.6 is 27.3 Å². The molecule has 7 heteroatoms. The molecule has 28 heavy (non-hydrogen) atoms. The van der Waals surface area contributed by atoms with Gasteiger partial charge in [-0.2, -0.15) is 0 Å². The number of amides is 1. The molecule has 1 heterocycles. The van der Waals surface area contributed by atoms with Gasteiger partial charge in [0, 0.05) is 16.9 Å². The van der Waals surface area contributed by atoms with Gasteiger partial charge in [-0.1, -0.05) is 33.6 Å². The van der Waals surface area contributed by atoms with E-state index in [0.29, 0.717) is 25.5 Å². The fraction of sp³-hybridized carbons (Fsp3) is 0.238. The third-order valence-electron chi connectivity index (χ3n) is 4.01. The van der Waals surface area contributed by atoms with Gasteiger partial charge in [-0.3, -0.25) is 4.79 Å². The van der Waals surface area contributed by atoms with E-state index < -0.39 is 0 Å². The summed E-state index contributed by atoms with van der Waals surface area (Å²) in [7, 11) is 1.75. The Morgan fingerprint density at radius 2 is 1.71 bits per heavy atom. The fourth-order valence-electron chi connectivity index (χ4n) is 2.38. The van der Waals surface area contributed by atoms with Crippen LogP contribution in [0.3, 0.4) is 0 Å². The van der Waals surface area contributed by atoms with Gasteiger partial charge in [-0.05, 0) is 43.3 Å². The molecular formula is C21H21BrN2O3S. The molecule has 0 N–H and O–H groups in total. The van der Waals surface area contributed by atoms with E-state index in [1.54, 1.807) is 17.3 Å². The summed E-state index contributed by atoms with van der Waals surface area (Å²) in [6, 6.07) is 15.4. The van der Waals surface area contributed by atoms with Crippen LogP contribution in [0.4, 0.5) is 0 Å². The third kappa shape index (κ3) is 5.81. The number of hydrogen-bond acceptors (Lipinski definition) is 5. The first-order valence-corrected chi connectivity index (χ1v) is 10.5. The molecule has 0 aliphatic heterocycles. The molecule has 1 amide bonds. The number of halogens is 1. The molecule has 146 valence electrons. The normalized spacial score (nSPS) is 10.5. The highest BCUT2D eigenvalue weighted by Gasteiger charge is 2.15. The van der Waals surface area contributed by atoms with E-state index >= 15 is 0 Å². The van der Waals surface area contributed by atoms with E-state index in [0.717, 1.165) is 21.0 Å². The van der Waals surface area contributed by atoms with Gasteiger partial charge in [-0.25, -0.2) is 4.98 Å². The largest absolute Gasteiger partial charge is 0.492 e. The van der Waals surface area contributed by atoms with Crippen LogP contribution in [0.2, 0.25) is 0 Å². The van der Waals surface area contributed by atoms with Crippen molar-refractivity contribution in [3.8, 4) is 11.5 Å². The molecule has 0 saturated heterocycles. The lowest BCUT2D eigenvalue weighted by atomic mass is 10.2. The lowest BCUT2D eigenvalue weighted by molar-refractivity contribution is 0.0768. The number of thiazole rings is 1. The first-order valence-electron chi connectivity index (χ1n) is 8.79. The van der Waals surface area contributed by atoms with Crippen LogP contribution in [0.1, 0.15) is 21.1 Å². The first kappa shape index (κ1) is 20.4. The molecule has 0 radical (unpaired) electrons. The molecule has 3 aromatic rings. The summed E-state index contributed by atoms with van der Waals surface area (Å²) < 4.78 is 12.4. The number of nitrogens with zero attached hydrogens (tertiary/aromatic N) is 2. The molecule has 0 aliphatic rings. The van der Waals surface area contributed by atoms with Crippen molar-refractivity contribution in [2.45, 2.75) is 13.5 Å². The molecule has 5 nitrogen and oxygen atoms in total. The summed E-state index contributed by atoms with van der Waals surface area (Å²) in [5.41, 5.74) is 1.61. The van der Waals surface area contributed by atoms with Crippen molar-refractivity contribution in [2.75, 3.05) is 20.2 Å². The summed E-state index contributed by atoms with van der Waals surface area (Å²) >= 11 is 4.81. The summed E-state index contributed by atoms with van der Waals surface area (Å²) in [6.07, 6.45) is 0. The smallest absolute Gasteiger partial charge is 0.273 e. The predicted octanol–water partition coefficient (Wildman–Crippen LogP) is 4.94.